The molecule has 14 rings (SSSR count). The number of phenolic OH excluding ortho intramolecular Hbond substituents is 1. The predicted octanol–water partition coefficient (Wildman–Crippen LogP) is 22.1. The summed E-state index contributed by atoms with van der Waals surface area (Å²) < 4.78 is 136. The van der Waals surface area contributed by atoms with Crippen molar-refractivity contribution < 1.29 is 126 Å². The van der Waals surface area contributed by atoms with Gasteiger partial charge in [0.1, 0.15) is 34.9 Å². The molecule has 568 valence electrons. The first-order valence-electron chi connectivity index (χ1n) is 34.8. The number of imidazole rings is 1. The van der Waals surface area contributed by atoms with Gasteiger partial charge in [-0.3, -0.25) is 23.4 Å². The number of rotatable bonds is 13. The summed E-state index contributed by atoms with van der Waals surface area (Å²) in [6.45, 7) is 19.0. The normalized spacial score (nSPS) is 16.4. The summed E-state index contributed by atoms with van der Waals surface area (Å²) in [5, 5.41) is 19.3. The van der Waals surface area contributed by atoms with Crippen molar-refractivity contribution in [1.29, 1.82) is 0 Å². The largest absolute Gasteiger partial charge is 0.507 e. The minimum atomic E-state index is -2.18. The Hall–Kier alpha value is -5.68. The third-order valence-corrected chi connectivity index (χ3v) is 22.2. The standard InChI is InChI=1S/C27H22F5N2.C19H23F2NOS.C18H23N2O.C16H18F2N3.2Ir.Ni.Pd/c1-15(27(2)11-4-5-12-27)26-33-25(18-10-3-6-13-34(18)26)17-9-7-8-16(14-17)19-20(28)22(30)24(32)23(31)21(19)29;1-11-18(22-12(2)24-11)16-15(23)9-14(20)13(17(16)21)10-19(3)7-5-4-6-8-19;1-13-7-8-15(14(2)11-13)17-19-16(21-20-17)12-18(3)9-5-4-6-10-18;1-16(7-3-4-8-16)10-14-19-15(20-21(14)2)12-6-5-11(17)9-13(12)18;;;;/h3,6-8,10,13-15H,4-5,11-12H2,1-2H3;9,23H,4-8,10H2,1-3H3;7,11H,4-6,9-10,12H2,1-3H3;5,9H,3-4,7-8,10H2,1-2H3;;;;/q-1;;2*-1;;;;. The Morgan fingerprint density at radius 2 is 1.17 bits per heavy atom. The van der Waals surface area contributed by atoms with Crippen LogP contribution in [0.15, 0.2) is 77.4 Å². The Morgan fingerprint density at radius 3 is 1.77 bits per heavy atom. The molecule has 0 bridgehead atoms. The van der Waals surface area contributed by atoms with Crippen LogP contribution in [0.3, 0.4) is 0 Å². The molecule has 0 aliphatic heterocycles. The molecule has 0 amide bonds. The van der Waals surface area contributed by atoms with Crippen LogP contribution in [0, 0.1) is 120 Å². The molecule has 24 heteroatoms. The zero-order chi connectivity index (χ0) is 71.6. The minimum absolute atomic E-state index is 0. The molecule has 4 aliphatic carbocycles. The molecule has 1 N–H and O–H groups in total. The fraction of sp³-hybridized carbons (Fsp3) is 0.450. The van der Waals surface area contributed by atoms with Crippen molar-refractivity contribution in [3.8, 4) is 62.2 Å². The number of aromatic nitrogens is 8. The number of hydrogen-bond acceptors (Lipinski definition) is 9. The van der Waals surface area contributed by atoms with E-state index in [2.05, 4.69) is 97.9 Å². The molecule has 4 fully saturated rings. The van der Waals surface area contributed by atoms with E-state index >= 15 is 4.39 Å². The summed E-state index contributed by atoms with van der Waals surface area (Å²) in [7, 11) is 1.81. The second-order valence-corrected chi connectivity index (χ2v) is 30.9. The molecule has 104 heavy (non-hydrogen) atoms. The summed E-state index contributed by atoms with van der Waals surface area (Å²) in [5.74, 6) is -9.34. The molecular formula is C80H86F9Ir2N8NiO2PdS-3. The first-order valence-corrected chi connectivity index (χ1v) is 35.6. The van der Waals surface area contributed by atoms with Crippen molar-refractivity contribution in [3.63, 3.8) is 0 Å². The zero-order valence-corrected chi connectivity index (χ0v) is 68.0. The van der Waals surface area contributed by atoms with Crippen LogP contribution in [-0.4, -0.2) is 44.4 Å². The molecule has 5 heterocycles. The van der Waals surface area contributed by atoms with Gasteiger partial charge in [-0.1, -0.05) is 136 Å². The number of aromatic hydroxyl groups is 1. The van der Waals surface area contributed by atoms with Crippen molar-refractivity contribution in [2.45, 2.75) is 203 Å². The molecule has 0 saturated heterocycles. The number of pyridine rings is 1. The van der Waals surface area contributed by atoms with Crippen molar-refractivity contribution in [3.05, 3.63) is 188 Å². The maximum atomic E-state index is 15.2. The van der Waals surface area contributed by atoms with Gasteiger partial charge in [0.05, 0.1) is 22.1 Å². The second kappa shape index (κ2) is 36.0. The summed E-state index contributed by atoms with van der Waals surface area (Å²) >= 11 is 1.44. The monoisotopic (exact) mass is 1940 g/mol. The topological polar surface area (TPSA) is 120 Å². The minimum Gasteiger partial charge on any atom is -0.507 e. The molecule has 0 spiro atoms. The molecular weight excluding hydrogens is 1860 g/mol. The fourth-order valence-electron chi connectivity index (χ4n) is 15.4. The van der Waals surface area contributed by atoms with E-state index in [1.54, 1.807) is 4.68 Å². The summed E-state index contributed by atoms with van der Waals surface area (Å²) in [4.78, 5) is 19.1. The molecule has 4 saturated carbocycles. The van der Waals surface area contributed by atoms with Crippen molar-refractivity contribution in [2.24, 2.45) is 28.7 Å². The van der Waals surface area contributed by atoms with Crippen molar-refractivity contribution in [1.82, 2.24) is 39.3 Å². The van der Waals surface area contributed by atoms with E-state index < -0.39 is 57.9 Å². The average Bonchev–Trinajstić information content (AvgIpc) is 1.22. The maximum Gasteiger partial charge on any atom is 0.217 e. The Bertz CT molecular complexity index is 4570. The van der Waals surface area contributed by atoms with E-state index in [-0.39, 0.29) is 133 Å². The van der Waals surface area contributed by atoms with Crippen LogP contribution in [0.1, 0.15) is 200 Å². The van der Waals surface area contributed by atoms with Crippen LogP contribution < -0.4 is 0 Å². The molecule has 10 nitrogen and oxygen atoms in total. The first-order chi connectivity index (χ1) is 47.6. The van der Waals surface area contributed by atoms with Crippen LogP contribution >= 0.6 is 11.3 Å². The van der Waals surface area contributed by atoms with Gasteiger partial charge in [-0.05, 0) is 105 Å². The average molecular weight is 1940 g/mol. The molecule has 4 aliphatic rings. The Kier molecular flexibility index (Phi) is 29.6. The van der Waals surface area contributed by atoms with Crippen molar-refractivity contribution in [2.75, 3.05) is 0 Å². The molecule has 1 atom stereocenters. The van der Waals surface area contributed by atoms with E-state index in [4.69, 9.17) is 9.51 Å². The number of aryl methyl sites for hydroxylation is 5. The molecule has 2 radical (unpaired) electrons. The van der Waals surface area contributed by atoms with Gasteiger partial charge in [0.25, 0.3) is 0 Å². The number of benzene rings is 5. The summed E-state index contributed by atoms with van der Waals surface area (Å²) in [5.41, 5.74) is 5.16. The Labute approximate surface area is 658 Å². The molecule has 1 unspecified atom stereocenters. The molecule has 10 aromatic rings. The number of halogens is 9. The van der Waals surface area contributed by atoms with E-state index in [0.29, 0.717) is 34.6 Å². The first kappa shape index (κ1) is 85.6. The van der Waals surface area contributed by atoms with Gasteiger partial charge in [0, 0.05) is 154 Å². The van der Waals surface area contributed by atoms with Crippen LogP contribution in [-0.2, 0) is 103 Å². The molecule has 5 aromatic heterocycles. The van der Waals surface area contributed by atoms with E-state index in [0.717, 1.165) is 114 Å². The Balaban J connectivity index is 0.000000196. The van der Waals surface area contributed by atoms with Crippen LogP contribution in [0.4, 0.5) is 39.5 Å². The smallest absolute Gasteiger partial charge is 0.217 e. The second-order valence-electron chi connectivity index (χ2n) is 29.5. The van der Waals surface area contributed by atoms with Gasteiger partial charge in [-0.2, -0.15) is 0 Å². The SMILES string of the molecule is CC(c1nc(-c2[c-]ccc(-c3c(F)c(F)c(F)c(F)c3F)c2)c2ccccn12)C1(C)CCCC1.Cc1c[c-]c(-c2noc(CC3(C)CCCCC3)n2)c(C)c1.Cc1nc(-c2c(O)cc(F)c(CC3(C)CCCCC3)c2F)c(C)s1.Cn1nc(-c2[c-]cc(F)cc2F)nc1CC1(C)CCCC1.[Ir].[Ir].[Ni].[Pd]. The quantitative estimate of drug-likeness (QED) is 0.0398. The van der Waals surface area contributed by atoms with Gasteiger partial charge >= 0.3 is 0 Å². The third-order valence-electron chi connectivity index (χ3n) is 21.3. The number of nitrogens with zero attached hydrogens (tertiary/aromatic N) is 8. The van der Waals surface area contributed by atoms with Crippen LogP contribution in [0.25, 0.3) is 61.9 Å². The van der Waals surface area contributed by atoms with Crippen LogP contribution in [0.5, 0.6) is 5.75 Å². The predicted molar refractivity (Wildman–Crippen MR) is 372 cm³/mol. The van der Waals surface area contributed by atoms with Gasteiger partial charge in [0.2, 0.25) is 11.7 Å². The Morgan fingerprint density at radius 1 is 0.596 bits per heavy atom. The van der Waals surface area contributed by atoms with E-state index in [9.17, 15) is 40.2 Å². The van der Waals surface area contributed by atoms with E-state index in [1.807, 2.05) is 55.8 Å². The summed E-state index contributed by atoms with van der Waals surface area (Å²) in [6, 6.07) is 25.6. The van der Waals surface area contributed by atoms with E-state index in [1.165, 1.54) is 112 Å². The van der Waals surface area contributed by atoms with Gasteiger partial charge in [0.15, 0.2) is 23.3 Å². The number of fused-ring (bicyclic) bond motifs is 1. The summed E-state index contributed by atoms with van der Waals surface area (Å²) in [6.07, 6.45) is 25.4. The molecule has 5 aromatic carbocycles. The number of hydrogen-bond donors (Lipinski definition) is 1. The maximum absolute atomic E-state index is 15.2. The van der Waals surface area contributed by atoms with Crippen molar-refractivity contribution >= 4 is 16.9 Å². The van der Waals surface area contributed by atoms with Crippen LogP contribution in [0.2, 0.25) is 0 Å². The zero-order valence-electron chi connectivity index (χ0n) is 59.9. The van der Waals surface area contributed by atoms with Gasteiger partial charge < -0.3 is 14.0 Å². The van der Waals surface area contributed by atoms with Gasteiger partial charge in [-0.25, -0.2) is 45.8 Å². The number of thiazole rings is 1. The van der Waals surface area contributed by atoms with Gasteiger partial charge in [-0.15, -0.1) is 93.3 Å². The third kappa shape index (κ3) is 19.2. The fourth-order valence-corrected chi connectivity index (χ4v) is 16.2. The number of phenols is 1.